The zero-order valence-electron chi connectivity index (χ0n) is 11.2. The number of piperidine rings is 1. The van der Waals surface area contributed by atoms with Gasteiger partial charge in [-0.05, 0) is 41.6 Å². The predicted octanol–water partition coefficient (Wildman–Crippen LogP) is 2.55. The molecule has 2 unspecified atom stereocenters. The fourth-order valence-corrected chi connectivity index (χ4v) is 5.06. The fourth-order valence-electron chi connectivity index (χ4n) is 2.50. The average Bonchev–Trinajstić information content (AvgIpc) is 2.71. The first kappa shape index (κ1) is 15.5. The maximum absolute atomic E-state index is 12.6. The van der Waals surface area contributed by atoms with Crippen molar-refractivity contribution in [2.45, 2.75) is 37.6 Å². The van der Waals surface area contributed by atoms with E-state index in [0.29, 0.717) is 12.5 Å². The number of rotatable bonds is 3. The fraction of sp³-hybridized carbons (Fsp3) is 0.583. The predicted molar refractivity (Wildman–Crippen MR) is 75.1 cm³/mol. The normalized spacial score (nSPS) is 24.8. The number of carboxylic acid groups (broad SMARTS) is 1. The summed E-state index contributed by atoms with van der Waals surface area (Å²) in [4.78, 5) is 10.7. The monoisotopic (exact) mass is 365 g/mol. The van der Waals surface area contributed by atoms with E-state index in [-0.39, 0.29) is 15.6 Å². The smallest absolute Gasteiger partial charge is 0.371 e. The molecule has 2 atom stereocenters. The number of sulfonamides is 1. The van der Waals surface area contributed by atoms with Crippen molar-refractivity contribution in [3.8, 4) is 0 Å². The van der Waals surface area contributed by atoms with E-state index in [4.69, 9.17) is 9.52 Å². The number of nitrogens with zero attached hydrogens (tertiary/aromatic N) is 1. The van der Waals surface area contributed by atoms with Gasteiger partial charge in [0.2, 0.25) is 15.8 Å². The lowest BCUT2D eigenvalue weighted by Crippen LogP contribution is -2.44. The number of carbonyl (C=O) groups is 1. The second-order valence-corrected chi connectivity index (χ2v) is 7.73. The van der Waals surface area contributed by atoms with E-state index in [2.05, 4.69) is 22.9 Å². The van der Waals surface area contributed by atoms with Gasteiger partial charge in [-0.2, -0.15) is 4.31 Å². The molecule has 0 amide bonds. The van der Waals surface area contributed by atoms with Crippen LogP contribution in [0.2, 0.25) is 0 Å². The SMILES string of the molecule is CC1CCN(S(=O)(=O)c2cc(C(=O)O)oc2Br)C(C)C1. The maximum Gasteiger partial charge on any atom is 0.371 e. The van der Waals surface area contributed by atoms with Gasteiger partial charge in [0.25, 0.3) is 0 Å². The van der Waals surface area contributed by atoms with Crippen LogP contribution in [0.15, 0.2) is 20.0 Å². The Morgan fingerprint density at radius 3 is 2.65 bits per heavy atom. The molecule has 1 aromatic rings. The van der Waals surface area contributed by atoms with E-state index < -0.39 is 21.8 Å². The second-order valence-electron chi connectivity index (χ2n) is 5.15. The van der Waals surface area contributed by atoms with Crippen LogP contribution in [0.5, 0.6) is 0 Å². The van der Waals surface area contributed by atoms with E-state index in [1.807, 2.05) is 6.92 Å². The molecule has 1 fully saturated rings. The molecule has 2 heterocycles. The van der Waals surface area contributed by atoms with Gasteiger partial charge in [-0.1, -0.05) is 6.92 Å². The van der Waals surface area contributed by atoms with Crippen LogP contribution in [-0.2, 0) is 10.0 Å². The highest BCUT2D eigenvalue weighted by Gasteiger charge is 2.36. The number of hydrogen-bond acceptors (Lipinski definition) is 4. The van der Waals surface area contributed by atoms with E-state index in [1.165, 1.54) is 4.31 Å². The Morgan fingerprint density at radius 2 is 2.15 bits per heavy atom. The number of halogens is 1. The van der Waals surface area contributed by atoms with Gasteiger partial charge in [0, 0.05) is 18.7 Å². The molecular weight excluding hydrogens is 350 g/mol. The lowest BCUT2D eigenvalue weighted by molar-refractivity contribution is 0.0661. The van der Waals surface area contributed by atoms with Crippen molar-refractivity contribution < 1.29 is 22.7 Å². The molecule has 8 heteroatoms. The Morgan fingerprint density at radius 1 is 1.50 bits per heavy atom. The van der Waals surface area contributed by atoms with Crippen LogP contribution < -0.4 is 0 Å². The summed E-state index contributed by atoms with van der Waals surface area (Å²) in [5.41, 5.74) is 0. The summed E-state index contributed by atoms with van der Waals surface area (Å²) in [7, 11) is -3.75. The molecule has 1 aliphatic heterocycles. The van der Waals surface area contributed by atoms with Crippen molar-refractivity contribution >= 4 is 31.9 Å². The number of hydrogen-bond donors (Lipinski definition) is 1. The van der Waals surface area contributed by atoms with Crippen LogP contribution in [0.25, 0.3) is 0 Å². The average molecular weight is 366 g/mol. The van der Waals surface area contributed by atoms with Crippen molar-refractivity contribution in [2.75, 3.05) is 6.54 Å². The molecule has 0 radical (unpaired) electrons. The van der Waals surface area contributed by atoms with Gasteiger partial charge in [-0.15, -0.1) is 0 Å². The van der Waals surface area contributed by atoms with Crippen molar-refractivity contribution in [1.82, 2.24) is 4.31 Å². The third-order valence-electron chi connectivity index (χ3n) is 3.53. The van der Waals surface area contributed by atoms with Crippen LogP contribution >= 0.6 is 15.9 Å². The van der Waals surface area contributed by atoms with Gasteiger partial charge < -0.3 is 9.52 Å². The Balaban J connectivity index is 2.37. The zero-order valence-corrected chi connectivity index (χ0v) is 13.6. The first-order valence-corrected chi connectivity index (χ1v) is 8.51. The van der Waals surface area contributed by atoms with Crippen molar-refractivity contribution in [3.63, 3.8) is 0 Å². The highest BCUT2D eigenvalue weighted by Crippen LogP contribution is 2.33. The molecule has 20 heavy (non-hydrogen) atoms. The Bertz CT molecular complexity index is 624. The largest absolute Gasteiger partial charge is 0.475 e. The van der Waals surface area contributed by atoms with Crippen LogP contribution in [-0.4, -0.2) is 36.4 Å². The molecule has 1 N–H and O–H groups in total. The molecule has 2 rings (SSSR count). The molecule has 6 nitrogen and oxygen atoms in total. The van der Waals surface area contributed by atoms with E-state index in [1.54, 1.807) is 0 Å². The second kappa shape index (κ2) is 5.50. The summed E-state index contributed by atoms with van der Waals surface area (Å²) in [5, 5.41) is 8.86. The minimum Gasteiger partial charge on any atom is -0.475 e. The topological polar surface area (TPSA) is 87.8 Å². The summed E-state index contributed by atoms with van der Waals surface area (Å²) in [6, 6.07) is 0.936. The van der Waals surface area contributed by atoms with Gasteiger partial charge in [0.05, 0.1) is 0 Å². The van der Waals surface area contributed by atoms with Gasteiger partial charge >= 0.3 is 5.97 Å². The Labute approximate surface area is 125 Å². The zero-order chi connectivity index (χ0) is 15.1. The lowest BCUT2D eigenvalue weighted by atomic mass is 9.95. The molecule has 0 aromatic carbocycles. The Kier molecular flexibility index (Phi) is 4.27. The summed E-state index contributed by atoms with van der Waals surface area (Å²) in [6.07, 6.45) is 1.59. The summed E-state index contributed by atoms with van der Waals surface area (Å²) < 4.78 is 31.5. The molecule has 1 aliphatic rings. The quantitative estimate of drug-likeness (QED) is 0.888. The van der Waals surface area contributed by atoms with E-state index in [9.17, 15) is 13.2 Å². The molecule has 112 valence electrons. The standard InChI is InChI=1S/C12H16BrNO5S/c1-7-3-4-14(8(2)5-7)20(17,18)10-6-9(12(15)16)19-11(10)13/h6-8H,3-5H2,1-2H3,(H,15,16). The van der Waals surface area contributed by atoms with Crippen molar-refractivity contribution in [2.24, 2.45) is 5.92 Å². The lowest BCUT2D eigenvalue weighted by Gasteiger charge is -2.35. The van der Waals surface area contributed by atoms with Crippen LogP contribution in [0.3, 0.4) is 0 Å². The number of aromatic carboxylic acids is 1. The van der Waals surface area contributed by atoms with Crippen molar-refractivity contribution in [3.05, 3.63) is 16.5 Å². The summed E-state index contributed by atoms with van der Waals surface area (Å²) in [6.45, 7) is 4.39. The van der Waals surface area contributed by atoms with Crippen molar-refractivity contribution in [1.29, 1.82) is 0 Å². The highest BCUT2D eigenvalue weighted by atomic mass is 79.9. The molecule has 1 aromatic heterocycles. The number of carboxylic acids is 1. The highest BCUT2D eigenvalue weighted by molar-refractivity contribution is 9.10. The first-order chi connectivity index (χ1) is 9.23. The summed E-state index contributed by atoms with van der Waals surface area (Å²) in [5.74, 6) is -1.21. The van der Waals surface area contributed by atoms with Gasteiger partial charge in [-0.25, -0.2) is 13.2 Å². The van der Waals surface area contributed by atoms with Crippen LogP contribution in [0.1, 0.15) is 37.2 Å². The Hall–Kier alpha value is -0.860. The van der Waals surface area contributed by atoms with Crippen LogP contribution in [0.4, 0.5) is 0 Å². The molecule has 1 saturated heterocycles. The van der Waals surface area contributed by atoms with Crippen LogP contribution in [0, 0.1) is 5.92 Å². The van der Waals surface area contributed by atoms with Gasteiger partial charge in [-0.3, -0.25) is 0 Å². The summed E-state index contributed by atoms with van der Waals surface area (Å²) >= 11 is 2.98. The molecule has 0 saturated carbocycles. The van der Waals surface area contributed by atoms with Gasteiger partial charge in [0.15, 0.2) is 4.67 Å². The maximum atomic E-state index is 12.6. The van der Waals surface area contributed by atoms with E-state index in [0.717, 1.165) is 18.9 Å². The third-order valence-corrected chi connectivity index (χ3v) is 6.40. The number of furan rings is 1. The molecular formula is C12H16BrNO5S. The van der Waals surface area contributed by atoms with Gasteiger partial charge in [0.1, 0.15) is 4.90 Å². The minimum absolute atomic E-state index is 0.0688. The molecule has 0 aliphatic carbocycles. The first-order valence-electron chi connectivity index (χ1n) is 6.28. The molecule has 0 bridgehead atoms. The third kappa shape index (κ3) is 2.77. The minimum atomic E-state index is -3.75. The molecule has 0 spiro atoms. The van der Waals surface area contributed by atoms with E-state index >= 15 is 0 Å².